The third-order valence-corrected chi connectivity index (χ3v) is 5.43. The zero-order chi connectivity index (χ0) is 22.6. The van der Waals surface area contributed by atoms with Gasteiger partial charge in [0.15, 0.2) is 11.5 Å². The first kappa shape index (κ1) is 20.9. The molecule has 1 amide bonds. The normalized spacial score (nSPS) is 14.9. The van der Waals surface area contributed by atoms with E-state index < -0.39 is 6.03 Å². The van der Waals surface area contributed by atoms with Gasteiger partial charge in [0.2, 0.25) is 18.7 Å². The summed E-state index contributed by atoms with van der Waals surface area (Å²) in [5.74, 6) is 2.14. The Balaban J connectivity index is 1.16. The molecule has 3 aromatic rings. The van der Waals surface area contributed by atoms with Gasteiger partial charge in [0.25, 0.3) is 0 Å². The van der Waals surface area contributed by atoms with Gasteiger partial charge in [-0.05, 0) is 62.3 Å². The summed E-state index contributed by atoms with van der Waals surface area (Å²) >= 11 is 0. The van der Waals surface area contributed by atoms with Crippen LogP contribution in [0.25, 0.3) is 0 Å². The molecule has 11 nitrogen and oxygen atoms in total. The minimum Gasteiger partial charge on any atom is -0.492 e. The van der Waals surface area contributed by atoms with E-state index in [2.05, 4.69) is 25.6 Å². The van der Waals surface area contributed by atoms with Crippen LogP contribution in [0, 0.1) is 0 Å². The van der Waals surface area contributed by atoms with Crippen LogP contribution in [0.4, 0.5) is 28.1 Å². The van der Waals surface area contributed by atoms with E-state index >= 15 is 0 Å². The van der Waals surface area contributed by atoms with E-state index in [-0.39, 0.29) is 18.7 Å². The topological polar surface area (TPSA) is 129 Å². The van der Waals surface area contributed by atoms with Crippen molar-refractivity contribution in [2.75, 3.05) is 49.4 Å². The number of hydrogen-bond acceptors (Lipinski definition) is 9. The van der Waals surface area contributed by atoms with Crippen LogP contribution in [0.5, 0.6) is 17.2 Å². The molecule has 33 heavy (non-hydrogen) atoms. The fourth-order valence-corrected chi connectivity index (χ4v) is 3.74. The first-order chi connectivity index (χ1) is 16.1. The SMILES string of the molecule is Nc1nc(Nc2ccc(OCCN3CCCC3)cc2)nn1C(=O)Nc1ccc2c(c1)OCO2. The summed E-state index contributed by atoms with van der Waals surface area (Å²) in [6.07, 6.45) is 2.55. The van der Waals surface area contributed by atoms with E-state index in [1.807, 2.05) is 24.3 Å². The quantitative estimate of drug-likeness (QED) is 0.496. The van der Waals surface area contributed by atoms with Crippen molar-refractivity contribution in [2.24, 2.45) is 0 Å². The van der Waals surface area contributed by atoms with Crippen LogP contribution in [0.15, 0.2) is 42.5 Å². The van der Waals surface area contributed by atoms with E-state index in [9.17, 15) is 4.79 Å². The number of fused-ring (bicyclic) bond motifs is 1. The number of amides is 1. The fraction of sp³-hybridized carbons (Fsp3) is 0.318. The van der Waals surface area contributed by atoms with Gasteiger partial charge in [-0.2, -0.15) is 4.98 Å². The summed E-state index contributed by atoms with van der Waals surface area (Å²) in [6.45, 7) is 4.07. The van der Waals surface area contributed by atoms with E-state index in [4.69, 9.17) is 19.9 Å². The molecule has 1 saturated heterocycles. The minimum absolute atomic E-state index is 0.0439. The third-order valence-electron chi connectivity index (χ3n) is 5.43. The van der Waals surface area contributed by atoms with Crippen LogP contribution in [-0.2, 0) is 0 Å². The van der Waals surface area contributed by atoms with Crippen LogP contribution in [-0.4, -0.2) is 58.7 Å². The van der Waals surface area contributed by atoms with Crippen molar-refractivity contribution in [1.82, 2.24) is 19.7 Å². The van der Waals surface area contributed by atoms with Crippen molar-refractivity contribution in [2.45, 2.75) is 12.8 Å². The third kappa shape index (κ3) is 4.93. The van der Waals surface area contributed by atoms with Gasteiger partial charge >= 0.3 is 6.03 Å². The van der Waals surface area contributed by atoms with Gasteiger partial charge < -0.3 is 30.6 Å². The van der Waals surface area contributed by atoms with Crippen LogP contribution >= 0.6 is 0 Å². The monoisotopic (exact) mass is 451 g/mol. The van der Waals surface area contributed by atoms with Gasteiger partial charge in [-0.3, -0.25) is 4.90 Å². The second-order valence-corrected chi connectivity index (χ2v) is 7.75. The number of carbonyl (C=O) groups is 1. The number of anilines is 4. The summed E-state index contributed by atoms with van der Waals surface area (Å²) in [7, 11) is 0. The van der Waals surface area contributed by atoms with Gasteiger partial charge in [-0.1, -0.05) is 0 Å². The van der Waals surface area contributed by atoms with Crippen LogP contribution in [0.1, 0.15) is 12.8 Å². The molecule has 0 unspecified atom stereocenters. The number of carbonyl (C=O) groups excluding carboxylic acids is 1. The summed E-state index contributed by atoms with van der Waals surface area (Å²) in [5, 5.41) is 9.91. The van der Waals surface area contributed by atoms with Crippen molar-refractivity contribution in [3.05, 3.63) is 42.5 Å². The molecule has 0 saturated carbocycles. The van der Waals surface area contributed by atoms with Crippen molar-refractivity contribution in [1.29, 1.82) is 0 Å². The zero-order valence-electron chi connectivity index (χ0n) is 18.0. The molecule has 5 rings (SSSR count). The second kappa shape index (κ2) is 9.25. The molecule has 1 aromatic heterocycles. The molecule has 172 valence electrons. The van der Waals surface area contributed by atoms with E-state index in [0.29, 0.717) is 23.8 Å². The highest BCUT2D eigenvalue weighted by Gasteiger charge is 2.17. The number of nitrogens with one attached hydrogen (secondary N) is 2. The molecular weight excluding hydrogens is 426 g/mol. The Morgan fingerprint density at radius 1 is 1.06 bits per heavy atom. The van der Waals surface area contributed by atoms with Gasteiger partial charge in [0, 0.05) is 24.0 Å². The van der Waals surface area contributed by atoms with Crippen molar-refractivity contribution >= 4 is 29.3 Å². The summed E-state index contributed by atoms with van der Waals surface area (Å²) in [4.78, 5) is 19.1. The van der Waals surface area contributed by atoms with E-state index in [0.717, 1.165) is 35.8 Å². The van der Waals surface area contributed by atoms with Crippen molar-refractivity contribution in [3.8, 4) is 17.2 Å². The predicted octanol–water partition coefficient (Wildman–Crippen LogP) is 2.89. The lowest BCUT2D eigenvalue weighted by Crippen LogP contribution is -2.25. The van der Waals surface area contributed by atoms with Gasteiger partial charge in [0.1, 0.15) is 12.4 Å². The Morgan fingerprint density at radius 3 is 2.64 bits per heavy atom. The fourth-order valence-electron chi connectivity index (χ4n) is 3.74. The number of nitrogen functional groups attached to an aromatic ring is 1. The maximum Gasteiger partial charge on any atom is 0.349 e. The molecule has 2 aliphatic rings. The van der Waals surface area contributed by atoms with Gasteiger partial charge in [-0.25, -0.2) is 4.79 Å². The Kier molecular flexibility index (Phi) is 5.85. The number of nitrogens with two attached hydrogens (primary N) is 1. The average molecular weight is 451 g/mol. The summed E-state index contributed by atoms with van der Waals surface area (Å²) < 4.78 is 17.4. The molecule has 3 heterocycles. The van der Waals surface area contributed by atoms with E-state index in [1.165, 1.54) is 12.8 Å². The first-order valence-corrected chi connectivity index (χ1v) is 10.8. The number of rotatable bonds is 7. The van der Waals surface area contributed by atoms with Gasteiger partial charge in [0.05, 0.1) is 0 Å². The highest BCUT2D eigenvalue weighted by molar-refractivity contribution is 5.92. The van der Waals surface area contributed by atoms with Crippen LogP contribution in [0.2, 0.25) is 0 Å². The Labute approximate surface area is 190 Å². The average Bonchev–Trinajstić information content (AvgIpc) is 3.56. The van der Waals surface area contributed by atoms with Crippen LogP contribution in [0.3, 0.4) is 0 Å². The molecule has 11 heteroatoms. The number of hydrogen-bond donors (Lipinski definition) is 3. The number of nitrogens with zero attached hydrogens (tertiary/aromatic N) is 4. The molecule has 0 spiro atoms. The molecule has 1 fully saturated rings. The summed E-state index contributed by atoms with van der Waals surface area (Å²) in [5.41, 5.74) is 7.16. The molecule has 0 bridgehead atoms. The summed E-state index contributed by atoms with van der Waals surface area (Å²) in [6, 6.07) is 12.0. The lowest BCUT2D eigenvalue weighted by atomic mass is 10.3. The molecular formula is C22H25N7O4. The molecule has 0 aliphatic carbocycles. The van der Waals surface area contributed by atoms with Crippen molar-refractivity contribution in [3.63, 3.8) is 0 Å². The predicted molar refractivity (Wildman–Crippen MR) is 122 cm³/mol. The Morgan fingerprint density at radius 2 is 1.82 bits per heavy atom. The molecule has 0 atom stereocenters. The Hall–Kier alpha value is -3.99. The minimum atomic E-state index is -0.548. The highest BCUT2D eigenvalue weighted by Crippen LogP contribution is 2.34. The highest BCUT2D eigenvalue weighted by atomic mass is 16.7. The zero-order valence-corrected chi connectivity index (χ0v) is 18.0. The second-order valence-electron chi connectivity index (χ2n) is 7.75. The molecule has 2 aliphatic heterocycles. The molecule has 4 N–H and O–H groups in total. The largest absolute Gasteiger partial charge is 0.492 e. The number of ether oxygens (including phenoxy) is 3. The maximum absolute atomic E-state index is 12.6. The van der Waals surface area contributed by atoms with Gasteiger partial charge in [-0.15, -0.1) is 9.78 Å². The number of aromatic nitrogens is 3. The lowest BCUT2D eigenvalue weighted by Gasteiger charge is -2.15. The standard InChI is InChI=1S/C22H25N7O4/c23-20-26-21(24-15-3-6-17(7-4-15)31-12-11-28-9-1-2-10-28)27-29(20)22(30)25-16-5-8-18-19(13-16)33-14-32-18/h3-8,13H,1-2,9-12,14H2,(H,25,30)(H3,23,24,26,27). The number of likely N-dealkylation sites (tertiary alicyclic amines) is 1. The first-order valence-electron chi connectivity index (χ1n) is 10.8. The Bertz CT molecular complexity index is 1130. The maximum atomic E-state index is 12.6. The number of benzene rings is 2. The van der Waals surface area contributed by atoms with Crippen molar-refractivity contribution < 1.29 is 19.0 Å². The molecule has 0 radical (unpaired) electrons. The lowest BCUT2D eigenvalue weighted by molar-refractivity contribution is 0.174. The smallest absolute Gasteiger partial charge is 0.349 e. The molecule has 2 aromatic carbocycles. The van der Waals surface area contributed by atoms with E-state index in [1.54, 1.807) is 18.2 Å². The van der Waals surface area contributed by atoms with Crippen LogP contribution < -0.4 is 30.6 Å².